The van der Waals surface area contributed by atoms with Gasteiger partial charge in [-0.1, -0.05) is 0 Å². The van der Waals surface area contributed by atoms with Gasteiger partial charge in [0.15, 0.2) is 5.76 Å². The van der Waals surface area contributed by atoms with Crippen LogP contribution in [0.5, 0.6) is 0 Å². The summed E-state index contributed by atoms with van der Waals surface area (Å²) in [6.07, 6.45) is 2.12. The SMILES string of the molecule is Cc1oc(C(=O)NC2CCC(C(=O)O)CC2)cc1S(N)(=O)=O. The van der Waals surface area contributed by atoms with Gasteiger partial charge in [0.2, 0.25) is 10.0 Å². The van der Waals surface area contributed by atoms with Crippen LogP contribution in [0.2, 0.25) is 0 Å². The van der Waals surface area contributed by atoms with Crippen LogP contribution in [0.1, 0.15) is 42.0 Å². The molecule has 9 heteroatoms. The lowest BCUT2D eigenvalue weighted by Gasteiger charge is -2.26. The number of amides is 1. The highest BCUT2D eigenvalue weighted by Gasteiger charge is 2.28. The maximum absolute atomic E-state index is 12.1. The largest absolute Gasteiger partial charge is 0.481 e. The zero-order chi connectivity index (χ0) is 16.5. The fraction of sp³-hybridized carbons (Fsp3) is 0.538. The Bertz CT molecular complexity index is 685. The van der Waals surface area contributed by atoms with Crippen LogP contribution in [-0.4, -0.2) is 31.4 Å². The Kier molecular flexibility index (Phi) is 4.57. The number of carbonyl (C=O) groups excluding carboxylic acids is 1. The molecule has 1 aromatic rings. The maximum Gasteiger partial charge on any atom is 0.306 e. The molecule has 1 amide bonds. The molecule has 122 valence electrons. The van der Waals surface area contributed by atoms with Crippen molar-refractivity contribution in [1.82, 2.24) is 5.32 Å². The average molecular weight is 330 g/mol. The van der Waals surface area contributed by atoms with Gasteiger partial charge in [-0.25, -0.2) is 13.6 Å². The number of nitrogens with one attached hydrogen (secondary N) is 1. The third-order valence-electron chi connectivity index (χ3n) is 3.81. The second kappa shape index (κ2) is 6.09. The Balaban J connectivity index is 2.01. The van der Waals surface area contributed by atoms with Crippen molar-refractivity contribution >= 4 is 21.9 Å². The molecule has 0 bridgehead atoms. The van der Waals surface area contributed by atoms with Crippen molar-refractivity contribution < 1.29 is 27.5 Å². The predicted octanol–water partition coefficient (Wildman–Crippen LogP) is 0.609. The quantitative estimate of drug-likeness (QED) is 0.739. The number of furan rings is 1. The first-order valence-corrected chi connectivity index (χ1v) is 8.40. The van der Waals surface area contributed by atoms with Crippen molar-refractivity contribution in [3.63, 3.8) is 0 Å². The van der Waals surface area contributed by atoms with Gasteiger partial charge in [-0.2, -0.15) is 0 Å². The standard InChI is InChI=1S/C13H18N2O6S/c1-7-11(22(14,19)20)6-10(21-7)12(16)15-9-4-2-8(3-5-9)13(17)18/h6,8-9H,2-5H2,1H3,(H,15,16)(H,17,18)(H2,14,19,20). The Morgan fingerprint density at radius 1 is 1.32 bits per heavy atom. The summed E-state index contributed by atoms with van der Waals surface area (Å²) in [7, 11) is -3.94. The number of aryl methyl sites for hydroxylation is 1. The Hall–Kier alpha value is -1.87. The molecule has 4 N–H and O–H groups in total. The first-order chi connectivity index (χ1) is 10.2. The average Bonchev–Trinajstić information content (AvgIpc) is 2.81. The smallest absolute Gasteiger partial charge is 0.306 e. The van der Waals surface area contributed by atoms with Crippen molar-refractivity contribution in [1.29, 1.82) is 0 Å². The van der Waals surface area contributed by atoms with Crippen molar-refractivity contribution in [2.24, 2.45) is 11.1 Å². The molecule has 0 aliphatic heterocycles. The number of carboxylic acid groups (broad SMARTS) is 1. The molecule has 1 heterocycles. The van der Waals surface area contributed by atoms with E-state index in [1.165, 1.54) is 6.92 Å². The molecular weight excluding hydrogens is 312 g/mol. The van der Waals surface area contributed by atoms with Crippen LogP contribution in [0.4, 0.5) is 0 Å². The summed E-state index contributed by atoms with van der Waals surface area (Å²) in [5.41, 5.74) is 0. The number of carboxylic acids is 1. The van der Waals surface area contributed by atoms with Crippen molar-refractivity contribution in [3.05, 3.63) is 17.6 Å². The van der Waals surface area contributed by atoms with E-state index in [9.17, 15) is 18.0 Å². The molecule has 1 aliphatic carbocycles. The number of primary sulfonamides is 1. The van der Waals surface area contributed by atoms with Gasteiger partial charge in [0, 0.05) is 12.1 Å². The molecule has 0 aromatic carbocycles. The Morgan fingerprint density at radius 2 is 1.91 bits per heavy atom. The second-order valence-electron chi connectivity index (χ2n) is 5.44. The van der Waals surface area contributed by atoms with E-state index in [1.807, 2.05) is 0 Å². The minimum absolute atomic E-state index is 0.0576. The van der Waals surface area contributed by atoms with E-state index >= 15 is 0 Å². The number of nitrogens with two attached hydrogens (primary N) is 1. The first kappa shape index (κ1) is 16.5. The van der Waals surface area contributed by atoms with Gasteiger partial charge in [0.05, 0.1) is 5.92 Å². The van der Waals surface area contributed by atoms with Crippen LogP contribution in [-0.2, 0) is 14.8 Å². The highest BCUT2D eigenvalue weighted by atomic mass is 32.2. The van der Waals surface area contributed by atoms with Gasteiger partial charge in [0.25, 0.3) is 5.91 Å². The molecule has 1 fully saturated rings. The van der Waals surface area contributed by atoms with Gasteiger partial charge in [-0.05, 0) is 32.6 Å². The summed E-state index contributed by atoms with van der Waals surface area (Å²) in [4.78, 5) is 22.7. The fourth-order valence-corrected chi connectivity index (χ4v) is 3.31. The number of sulfonamides is 1. The van der Waals surface area contributed by atoms with Gasteiger partial charge >= 0.3 is 5.97 Å². The van der Waals surface area contributed by atoms with Gasteiger partial charge in [-0.15, -0.1) is 0 Å². The van der Waals surface area contributed by atoms with E-state index < -0.39 is 21.9 Å². The third kappa shape index (κ3) is 3.66. The van der Waals surface area contributed by atoms with Crippen LogP contribution < -0.4 is 10.5 Å². The summed E-state index contributed by atoms with van der Waals surface area (Å²) < 4.78 is 27.8. The molecule has 0 saturated heterocycles. The number of aliphatic carboxylic acids is 1. The summed E-state index contributed by atoms with van der Waals surface area (Å²) in [5, 5.41) is 16.7. The molecule has 0 unspecified atom stereocenters. The lowest BCUT2D eigenvalue weighted by Crippen LogP contribution is -2.38. The van der Waals surface area contributed by atoms with Crippen molar-refractivity contribution in [2.75, 3.05) is 0 Å². The molecule has 1 aromatic heterocycles. The predicted molar refractivity (Wildman–Crippen MR) is 75.7 cm³/mol. The summed E-state index contributed by atoms with van der Waals surface area (Å²) >= 11 is 0. The molecule has 0 radical (unpaired) electrons. The molecular formula is C13H18N2O6S. The molecule has 0 spiro atoms. The monoisotopic (exact) mass is 330 g/mol. The summed E-state index contributed by atoms with van der Waals surface area (Å²) in [6, 6.07) is 0.953. The van der Waals surface area contributed by atoms with E-state index in [0.717, 1.165) is 6.07 Å². The summed E-state index contributed by atoms with van der Waals surface area (Å²) in [6.45, 7) is 1.41. The lowest BCUT2D eigenvalue weighted by atomic mass is 9.86. The van der Waals surface area contributed by atoms with Crippen LogP contribution in [0.15, 0.2) is 15.4 Å². The number of rotatable bonds is 4. The normalized spacial score (nSPS) is 22.3. The molecule has 2 rings (SSSR count). The van der Waals surface area contributed by atoms with E-state index in [1.54, 1.807) is 0 Å². The molecule has 22 heavy (non-hydrogen) atoms. The van der Waals surface area contributed by atoms with Gasteiger partial charge < -0.3 is 14.8 Å². The van der Waals surface area contributed by atoms with E-state index in [4.69, 9.17) is 14.7 Å². The van der Waals surface area contributed by atoms with Crippen LogP contribution in [0.25, 0.3) is 0 Å². The third-order valence-corrected chi connectivity index (χ3v) is 4.83. The molecule has 1 aliphatic rings. The van der Waals surface area contributed by atoms with Crippen LogP contribution >= 0.6 is 0 Å². The lowest BCUT2D eigenvalue weighted by molar-refractivity contribution is -0.142. The number of hydrogen-bond acceptors (Lipinski definition) is 5. The molecule has 8 nitrogen and oxygen atoms in total. The minimum atomic E-state index is -3.94. The zero-order valence-corrected chi connectivity index (χ0v) is 12.9. The number of hydrogen-bond donors (Lipinski definition) is 3. The summed E-state index contributed by atoms with van der Waals surface area (Å²) in [5.74, 6) is -1.78. The molecule has 1 saturated carbocycles. The second-order valence-corrected chi connectivity index (χ2v) is 6.97. The fourth-order valence-electron chi connectivity index (χ4n) is 2.60. The zero-order valence-electron chi connectivity index (χ0n) is 12.0. The highest BCUT2D eigenvalue weighted by molar-refractivity contribution is 7.89. The van der Waals surface area contributed by atoms with Gasteiger partial charge in [-0.3, -0.25) is 9.59 Å². The topological polar surface area (TPSA) is 140 Å². The van der Waals surface area contributed by atoms with Crippen molar-refractivity contribution in [3.8, 4) is 0 Å². The van der Waals surface area contributed by atoms with Crippen molar-refractivity contribution in [2.45, 2.75) is 43.5 Å². The van der Waals surface area contributed by atoms with E-state index in [0.29, 0.717) is 25.7 Å². The highest BCUT2D eigenvalue weighted by Crippen LogP contribution is 2.25. The minimum Gasteiger partial charge on any atom is -0.481 e. The van der Waals surface area contributed by atoms with Gasteiger partial charge in [0.1, 0.15) is 10.7 Å². The maximum atomic E-state index is 12.1. The first-order valence-electron chi connectivity index (χ1n) is 6.85. The van der Waals surface area contributed by atoms with E-state index in [2.05, 4.69) is 5.32 Å². The van der Waals surface area contributed by atoms with Crippen LogP contribution in [0.3, 0.4) is 0 Å². The number of carbonyl (C=O) groups is 2. The molecule has 0 atom stereocenters. The Morgan fingerprint density at radius 3 is 2.36 bits per heavy atom. The van der Waals surface area contributed by atoms with E-state index in [-0.39, 0.29) is 28.4 Å². The van der Waals surface area contributed by atoms with Crippen LogP contribution in [0, 0.1) is 12.8 Å². The Labute approximate surface area is 127 Å².